The molecule has 0 saturated carbocycles. The molecule has 0 atom stereocenters. The molecule has 0 unspecified atom stereocenters. The molecule has 0 aromatic carbocycles. The molecule has 1 aliphatic heterocycles. The number of anilines is 2. The lowest BCUT2D eigenvalue weighted by Gasteiger charge is -2.39. The molecule has 12 heteroatoms. The number of rotatable bonds is 5. The zero-order valence-corrected chi connectivity index (χ0v) is 19.1. The lowest BCUT2D eigenvalue weighted by atomic mass is 9.89. The third kappa shape index (κ3) is 7.42. The number of hydrogen-bond acceptors (Lipinski definition) is 8. The molecule has 1 fully saturated rings. The van der Waals surface area contributed by atoms with E-state index in [0.717, 1.165) is 50.5 Å². The SMILES string of the molecule is COCC1(N)CCN(c2cccnc2)CC1.O=C(Nc1ncccc1C(F)(F)F)c1cnccn1. The number of nitrogens with two attached hydrogens (primary N) is 1. The monoisotopic (exact) mass is 489 g/mol. The summed E-state index contributed by atoms with van der Waals surface area (Å²) in [5.74, 6) is -1.37. The molecule has 35 heavy (non-hydrogen) atoms. The number of amides is 1. The molecule has 1 amide bonds. The van der Waals surface area contributed by atoms with Crippen LogP contribution in [0.3, 0.4) is 0 Å². The molecule has 9 nitrogen and oxygen atoms in total. The maximum atomic E-state index is 12.7. The van der Waals surface area contributed by atoms with Crippen LogP contribution < -0.4 is 16.0 Å². The topological polar surface area (TPSA) is 119 Å². The Morgan fingerprint density at radius 3 is 2.40 bits per heavy atom. The minimum absolute atomic E-state index is 0.0960. The van der Waals surface area contributed by atoms with Crippen molar-refractivity contribution in [3.63, 3.8) is 0 Å². The molecular formula is C23H26F3N7O2. The number of alkyl halides is 3. The summed E-state index contributed by atoms with van der Waals surface area (Å²) in [4.78, 5) is 29.0. The standard InChI is InChI=1S/C12H19N3O.C11H7F3N4O/c1-16-10-12(13)4-7-15(8-5-12)11-3-2-6-14-9-11;12-11(13,14)7-2-1-3-17-9(7)18-10(19)8-6-15-4-5-16-8/h2-3,6,9H,4-5,7-8,10,13H2,1H3;1-6H,(H,17,18,19). The highest BCUT2D eigenvalue weighted by molar-refractivity contribution is 6.02. The summed E-state index contributed by atoms with van der Waals surface area (Å²) in [6.07, 6.45) is 5.94. The van der Waals surface area contributed by atoms with Crippen molar-refractivity contribution in [2.45, 2.75) is 24.6 Å². The van der Waals surface area contributed by atoms with Gasteiger partial charge in [-0.1, -0.05) is 0 Å². The van der Waals surface area contributed by atoms with Gasteiger partial charge in [-0.15, -0.1) is 0 Å². The highest BCUT2D eigenvalue weighted by Gasteiger charge is 2.34. The normalized spacial score (nSPS) is 15.1. The van der Waals surface area contributed by atoms with Gasteiger partial charge in [0, 0.05) is 50.5 Å². The van der Waals surface area contributed by atoms with Crippen molar-refractivity contribution < 1.29 is 22.7 Å². The highest BCUT2D eigenvalue weighted by Crippen LogP contribution is 2.33. The van der Waals surface area contributed by atoms with Crippen molar-refractivity contribution in [2.24, 2.45) is 5.73 Å². The van der Waals surface area contributed by atoms with E-state index in [9.17, 15) is 18.0 Å². The number of piperidine rings is 1. The predicted octanol–water partition coefficient (Wildman–Crippen LogP) is 3.17. The van der Waals surface area contributed by atoms with Crippen LogP contribution in [0.1, 0.15) is 28.9 Å². The first-order valence-electron chi connectivity index (χ1n) is 10.7. The second-order valence-corrected chi connectivity index (χ2v) is 7.94. The second kappa shape index (κ2) is 11.7. The average Bonchev–Trinajstić information content (AvgIpc) is 2.86. The molecule has 3 aromatic rings. The molecule has 3 aromatic heterocycles. The van der Waals surface area contributed by atoms with Crippen molar-refractivity contribution >= 4 is 17.4 Å². The smallest absolute Gasteiger partial charge is 0.383 e. The summed E-state index contributed by atoms with van der Waals surface area (Å²) in [7, 11) is 1.71. The Morgan fingerprint density at radius 1 is 1.09 bits per heavy atom. The third-order valence-corrected chi connectivity index (χ3v) is 5.34. The van der Waals surface area contributed by atoms with Gasteiger partial charge in [0.1, 0.15) is 11.5 Å². The molecule has 1 saturated heterocycles. The Morgan fingerprint density at radius 2 is 1.80 bits per heavy atom. The van der Waals surface area contributed by atoms with Crippen molar-refractivity contribution in [3.05, 3.63) is 72.7 Å². The number of ether oxygens (including phenoxy) is 1. The molecule has 0 radical (unpaired) electrons. The second-order valence-electron chi connectivity index (χ2n) is 7.94. The number of halogens is 3. The summed E-state index contributed by atoms with van der Waals surface area (Å²) in [6.45, 7) is 2.60. The van der Waals surface area contributed by atoms with E-state index in [0.29, 0.717) is 6.61 Å². The van der Waals surface area contributed by atoms with Crippen LogP contribution in [-0.2, 0) is 10.9 Å². The van der Waals surface area contributed by atoms with Crippen LogP contribution >= 0.6 is 0 Å². The zero-order valence-electron chi connectivity index (χ0n) is 19.1. The summed E-state index contributed by atoms with van der Waals surface area (Å²) in [6, 6.07) is 6.03. The lowest BCUT2D eigenvalue weighted by Crippen LogP contribution is -2.53. The maximum Gasteiger partial charge on any atom is 0.419 e. The van der Waals surface area contributed by atoms with Crippen molar-refractivity contribution in [1.29, 1.82) is 0 Å². The summed E-state index contributed by atoms with van der Waals surface area (Å²) in [5, 5.41) is 2.06. The molecule has 3 N–H and O–H groups in total. The van der Waals surface area contributed by atoms with Crippen LogP contribution in [0.15, 0.2) is 61.4 Å². The molecule has 1 aliphatic rings. The van der Waals surface area contributed by atoms with Crippen LogP contribution in [-0.4, -0.2) is 58.2 Å². The minimum atomic E-state index is -4.60. The number of hydrogen-bond donors (Lipinski definition) is 2. The predicted molar refractivity (Wildman–Crippen MR) is 124 cm³/mol. The summed E-state index contributed by atoms with van der Waals surface area (Å²) < 4.78 is 43.2. The van der Waals surface area contributed by atoms with E-state index in [1.54, 1.807) is 13.3 Å². The van der Waals surface area contributed by atoms with Gasteiger partial charge in [-0.3, -0.25) is 14.8 Å². The molecule has 4 rings (SSSR count). The summed E-state index contributed by atoms with van der Waals surface area (Å²) in [5.41, 5.74) is 6.16. The molecule has 0 aliphatic carbocycles. The minimum Gasteiger partial charge on any atom is -0.383 e. The molecule has 186 valence electrons. The van der Waals surface area contributed by atoms with E-state index in [1.807, 2.05) is 12.3 Å². The van der Waals surface area contributed by atoms with Gasteiger partial charge in [-0.05, 0) is 37.1 Å². The lowest BCUT2D eigenvalue weighted by molar-refractivity contribution is -0.137. The quantitative estimate of drug-likeness (QED) is 0.561. The van der Waals surface area contributed by atoms with E-state index < -0.39 is 23.5 Å². The Hall–Kier alpha value is -3.64. The fourth-order valence-corrected chi connectivity index (χ4v) is 3.50. The number of nitrogens with one attached hydrogen (secondary N) is 1. The number of carbonyl (C=O) groups excluding carboxylic acids is 1. The molecule has 0 spiro atoms. The zero-order chi connectivity index (χ0) is 25.3. The van der Waals surface area contributed by atoms with E-state index in [-0.39, 0.29) is 11.2 Å². The van der Waals surface area contributed by atoms with Crippen molar-refractivity contribution in [3.8, 4) is 0 Å². The Kier molecular flexibility index (Phi) is 8.66. The van der Waals surface area contributed by atoms with Gasteiger partial charge in [-0.25, -0.2) is 9.97 Å². The van der Waals surface area contributed by atoms with Crippen LogP contribution in [0.5, 0.6) is 0 Å². The largest absolute Gasteiger partial charge is 0.419 e. The van der Waals surface area contributed by atoms with Crippen molar-refractivity contribution in [1.82, 2.24) is 19.9 Å². The van der Waals surface area contributed by atoms with Gasteiger partial charge in [0.2, 0.25) is 0 Å². The van der Waals surface area contributed by atoms with Crippen LogP contribution in [0.25, 0.3) is 0 Å². The van der Waals surface area contributed by atoms with Gasteiger partial charge in [0.05, 0.1) is 30.3 Å². The van der Waals surface area contributed by atoms with Crippen LogP contribution in [0, 0.1) is 0 Å². The first-order valence-corrected chi connectivity index (χ1v) is 10.7. The van der Waals surface area contributed by atoms with E-state index in [1.165, 1.54) is 18.1 Å². The first-order chi connectivity index (χ1) is 16.7. The van der Waals surface area contributed by atoms with Gasteiger partial charge >= 0.3 is 6.18 Å². The van der Waals surface area contributed by atoms with Crippen LogP contribution in [0.2, 0.25) is 0 Å². The van der Waals surface area contributed by atoms with Crippen molar-refractivity contribution in [2.75, 3.05) is 37.0 Å². The van der Waals surface area contributed by atoms with Crippen LogP contribution in [0.4, 0.5) is 24.7 Å². The fourth-order valence-electron chi connectivity index (χ4n) is 3.50. The number of aromatic nitrogens is 4. The van der Waals surface area contributed by atoms with E-state index >= 15 is 0 Å². The molecule has 0 bridgehead atoms. The number of carbonyl (C=O) groups is 1. The van der Waals surface area contributed by atoms with Gasteiger partial charge in [0.25, 0.3) is 5.91 Å². The van der Waals surface area contributed by atoms with E-state index in [4.69, 9.17) is 10.5 Å². The van der Waals surface area contributed by atoms with Gasteiger partial charge < -0.3 is 20.7 Å². The van der Waals surface area contributed by atoms with Gasteiger partial charge in [-0.2, -0.15) is 13.2 Å². The maximum absolute atomic E-state index is 12.7. The summed E-state index contributed by atoms with van der Waals surface area (Å²) >= 11 is 0. The van der Waals surface area contributed by atoms with E-state index in [2.05, 4.69) is 36.2 Å². The average molecular weight is 490 g/mol. The fraction of sp³-hybridized carbons (Fsp3) is 0.348. The Labute approximate surface area is 200 Å². The number of pyridine rings is 2. The molecule has 4 heterocycles. The third-order valence-electron chi connectivity index (χ3n) is 5.34. The first kappa shape index (κ1) is 26.0. The Bertz CT molecular complexity index is 1080. The highest BCUT2D eigenvalue weighted by atomic mass is 19.4. The number of nitrogens with zero attached hydrogens (tertiary/aromatic N) is 5. The number of methoxy groups -OCH3 is 1. The Balaban J connectivity index is 0.000000198. The van der Waals surface area contributed by atoms with Gasteiger partial charge in [0.15, 0.2) is 0 Å². The molecular weight excluding hydrogens is 463 g/mol.